The van der Waals surface area contributed by atoms with Gasteiger partial charge in [-0.15, -0.1) is 5.10 Å². The van der Waals surface area contributed by atoms with Crippen molar-refractivity contribution in [3.63, 3.8) is 0 Å². The average Bonchev–Trinajstić information content (AvgIpc) is 3.63. The van der Waals surface area contributed by atoms with Crippen molar-refractivity contribution in [2.45, 2.75) is 44.7 Å². The van der Waals surface area contributed by atoms with Crippen molar-refractivity contribution in [1.82, 2.24) is 30.1 Å². The highest BCUT2D eigenvalue weighted by Gasteiger charge is 2.34. The molecule has 0 bridgehead atoms. The highest BCUT2D eigenvalue weighted by molar-refractivity contribution is 5.80. The number of nitrogens with zero attached hydrogens (tertiary/aromatic N) is 6. The monoisotopic (exact) mass is 517 g/mol. The van der Waals surface area contributed by atoms with Gasteiger partial charge in [0.25, 0.3) is 5.56 Å². The second kappa shape index (κ2) is 10.5. The van der Waals surface area contributed by atoms with Gasteiger partial charge in [0.05, 0.1) is 12.6 Å². The average molecular weight is 518 g/mol. The molecule has 0 radical (unpaired) electrons. The van der Waals surface area contributed by atoms with Crippen LogP contribution in [0, 0.1) is 5.82 Å². The number of hydrogen-bond donors (Lipinski definition) is 1. The summed E-state index contributed by atoms with van der Waals surface area (Å²) in [7, 11) is 0. The van der Waals surface area contributed by atoms with Crippen molar-refractivity contribution < 1.29 is 9.13 Å². The number of halogens is 1. The molecule has 1 saturated carbocycles. The van der Waals surface area contributed by atoms with Crippen molar-refractivity contribution in [2.75, 3.05) is 37.7 Å². The molecule has 38 heavy (non-hydrogen) atoms. The second-order valence-corrected chi connectivity index (χ2v) is 10.1. The Hall–Kier alpha value is -3.79. The summed E-state index contributed by atoms with van der Waals surface area (Å²) in [5.41, 5.74) is 2.23. The van der Waals surface area contributed by atoms with Crippen molar-refractivity contribution in [1.29, 1.82) is 0 Å². The first-order valence-corrected chi connectivity index (χ1v) is 13.4. The lowest BCUT2D eigenvalue weighted by Gasteiger charge is -2.39. The summed E-state index contributed by atoms with van der Waals surface area (Å²) in [5, 5.41) is 13.9. The van der Waals surface area contributed by atoms with Crippen molar-refractivity contribution >= 4 is 16.6 Å². The number of H-pyrrole nitrogens is 1. The van der Waals surface area contributed by atoms with Gasteiger partial charge < -0.3 is 14.6 Å². The lowest BCUT2D eigenvalue weighted by Crippen LogP contribution is -2.49. The molecule has 6 rings (SSSR count). The number of aromatic nitrogens is 5. The lowest BCUT2D eigenvalue weighted by atomic mass is 10.0. The van der Waals surface area contributed by atoms with Crippen LogP contribution in [0.15, 0.2) is 53.3 Å². The fraction of sp³-hybridized carbons (Fsp3) is 0.429. The number of aromatic amines is 1. The number of fused-ring (bicyclic) bond motifs is 1. The summed E-state index contributed by atoms with van der Waals surface area (Å²) in [4.78, 5) is 21.1. The molecule has 0 unspecified atom stereocenters. The van der Waals surface area contributed by atoms with E-state index in [1.807, 2.05) is 48.0 Å². The molecule has 1 atom stereocenters. The maximum Gasteiger partial charge on any atom is 0.253 e. The number of rotatable bonds is 7. The molecule has 3 heterocycles. The SMILES string of the molecule is CCOc1ccc2[nH]c(=O)c([C@H](c3nnnn3C3CCCC3)N3CCN(c4ccc(F)cc4)CC3)cc2c1. The van der Waals surface area contributed by atoms with Crippen molar-refractivity contribution in [2.24, 2.45) is 0 Å². The van der Waals surface area contributed by atoms with Crippen LogP contribution in [0.1, 0.15) is 56.1 Å². The van der Waals surface area contributed by atoms with Gasteiger partial charge in [0.1, 0.15) is 17.6 Å². The zero-order chi connectivity index (χ0) is 26.1. The van der Waals surface area contributed by atoms with E-state index < -0.39 is 6.04 Å². The predicted molar refractivity (Wildman–Crippen MR) is 143 cm³/mol. The topological polar surface area (TPSA) is 92.2 Å². The smallest absolute Gasteiger partial charge is 0.253 e. The Morgan fingerprint density at radius 3 is 2.55 bits per heavy atom. The van der Waals surface area contributed by atoms with E-state index in [-0.39, 0.29) is 17.4 Å². The van der Waals surface area contributed by atoms with Gasteiger partial charge in [0.2, 0.25) is 0 Å². The van der Waals surface area contributed by atoms with Gasteiger partial charge >= 0.3 is 0 Å². The molecule has 2 fully saturated rings. The number of piperazine rings is 1. The van der Waals surface area contributed by atoms with Crippen LogP contribution in [0.2, 0.25) is 0 Å². The minimum absolute atomic E-state index is 0.145. The van der Waals surface area contributed by atoms with Crippen LogP contribution in [0.5, 0.6) is 5.75 Å². The van der Waals surface area contributed by atoms with E-state index in [0.29, 0.717) is 31.1 Å². The van der Waals surface area contributed by atoms with E-state index in [4.69, 9.17) is 4.74 Å². The molecular weight excluding hydrogens is 485 g/mol. The molecule has 0 amide bonds. The van der Waals surface area contributed by atoms with Crippen LogP contribution in [0.3, 0.4) is 0 Å². The number of ether oxygens (including phenoxy) is 1. The fourth-order valence-electron chi connectivity index (χ4n) is 5.84. The summed E-state index contributed by atoms with van der Waals surface area (Å²) in [6, 6.07) is 14.1. The molecule has 2 aromatic carbocycles. The zero-order valence-corrected chi connectivity index (χ0v) is 21.5. The van der Waals surface area contributed by atoms with Crippen LogP contribution < -0.4 is 15.2 Å². The van der Waals surface area contributed by atoms with Crippen molar-refractivity contribution in [3.8, 4) is 5.75 Å². The molecule has 1 N–H and O–H groups in total. The van der Waals surface area contributed by atoms with Crippen LogP contribution in [-0.4, -0.2) is 62.9 Å². The van der Waals surface area contributed by atoms with E-state index in [0.717, 1.165) is 61.1 Å². The van der Waals surface area contributed by atoms with Crippen LogP contribution in [-0.2, 0) is 0 Å². The molecule has 1 aliphatic carbocycles. The molecule has 9 nitrogen and oxygen atoms in total. The molecule has 0 spiro atoms. The van der Waals surface area contributed by atoms with Crippen molar-refractivity contribution in [3.05, 3.63) is 76.1 Å². The predicted octanol–water partition coefficient (Wildman–Crippen LogP) is 4.08. The van der Waals surface area contributed by atoms with Crippen LogP contribution >= 0.6 is 0 Å². The van der Waals surface area contributed by atoms with E-state index in [9.17, 15) is 9.18 Å². The Morgan fingerprint density at radius 1 is 1.05 bits per heavy atom. The highest BCUT2D eigenvalue weighted by Crippen LogP contribution is 2.34. The molecule has 2 aromatic heterocycles. The Balaban J connectivity index is 1.38. The zero-order valence-electron chi connectivity index (χ0n) is 21.5. The molecule has 2 aliphatic rings. The standard InChI is InChI=1S/C28H32FN7O2/c1-2-38-23-11-12-25-19(17-23)18-24(28(37)30-25)26(27-31-32-33-36(27)22-5-3-4-6-22)35-15-13-34(14-16-35)21-9-7-20(29)8-10-21/h7-12,17-18,22,26H,2-6,13-16H2,1H3,(H,30,37)/t26-/m1/s1. The van der Waals surface area contributed by atoms with Gasteiger partial charge in [0, 0.05) is 48.3 Å². The Bertz CT molecular complexity index is 1450. The first-order chi connectivity index (χ1) is 18.6. The van der Waals surface area contributed by atoms with E-state index in [1.165, 1.54) is 12.1 Å². The summed E-state index contributed by atoms with van der Waals surface area (Å²) in [5.74, 6) is 1.23. The number of pyridine rings is 1. The van der Waals surface area contributed by atoms with Gasteiger partial charge in [-0.3, -0.25) is 9.69 Å². The number of anilines is 1. The molecule has 1 aliphatic heterocycles. The van der Waals surface area contributed by atoms with E-state index in [1.54, 1.807) is 0 Å². The maximum atomic E-state index is 13.5. The third-order valence-corrected chi connectivity index (χ3v) is 7.75. The first-order valence-electron chi connectivity index (χ1n) is 13.4. The number of tetrazole rings is 1. The largest absolute Gasteiger partial charge is 0.494 e. The molecule has 1 saturated heterocycles. The molecule has 4 aromatic rings. The number of nitrogens with one attached hydrogen (secondary N) is 1. The Morgan fingerprint density at radius 2 is 1.82 bits per heavy atom. The third-order valence-electron chi connectivity index (χ3n) is 7.75. The Kier molecular flexibility index (Phi) is 6.80. The van der Waals surface area contributed by atoms with Gasteiger partial charge in [-0.05, 0) is 78.7 Å². The number of benzene rings is 2. The van der Waals surface area contributed by atoms with Crippen LogP contribution in [0.4, 0.5) is 10.1 Å². The highest BCUT2D eigenvalue weighted by atomic mass is 19.1. The minimum Gasteiger partial charge on any atom is -0.494 e. The number of hydrogen-bond acceptors (Lipinski definition) is 7. The Labute approximate surface area is 220 Å². The molecular formula is C28H32FN7O2. The minimum atomic E-state index is -0.398. The maximum absolute atomic E-state index is 13.5. The summed E-state index contributed by atoms with van der Waals surface area (Å²) < 4.78 is 21.1. The normalized spacial score (nSPS) is 17.8. The molecule has 10 heteroatoms. The van der Waals surface area contributed by atoms with E-state index in [2.05, 4.69) is 30.3 Å². The second-order valence-electron chi connectivity index (χ2n) is 10.1. The summed E-state index contributed by atoms with van der Waals surface area (Å²) in [6.45, 7) is 5.41. The van der Waals surface area contributed by atoms with Gasteiger partial charge in [-0.25, -0.2) is 9.07 Å². The van der Waals surface area contributed by atoms with Gasteiger partial charge in [0.15, 0.2) is 5.82 Å². The van der Waals surface area contributed by atoms with Gasteiger partial charge in [-0.1, -0.05) is 12.8 Å². The molecule has 198 valence electrons. The first kappa shape index (κ1) is 24.5. The summed E-state index contributed by atoms with van der Waals surface area (Å²) in [6.07, 6.45) is 4.38. The lowest BCUT2D eigenvalue weighted by molar-refractivity contribution is 0.197. The van der Waals surface area contributed by atoms with E-state index >= 15 is 0 Å². The van der Waals surface area contributed by atoms with Crippen LogP contribution in [0.25, 0.3) is 10.9 Å². The fourth-order valence-corrected chi connectivity index (χ4v) is 5.84. The van der Waals surface area contributed by atoms with Gasteiger partial charge in [-0.2, -0.15) is 0 Å². The summed E-state index contributed by atoms with van der Waals surface area (Å²) >= 11 is 0. The third kappa shape index (κ3) is 4.76. The quantitative estimate of drug-likeness (QED) is 0.395.